The number of ketones is 1. The van der Waals surface area contributed by atoms with Crippen molar-refractivity contribution in [1.29, 1.82) is 0 Å². The van der Waals surface area contributed by atoms with Crippen molar-refractivity contribution >= 4 is 5.78 Å². The summed E-state index contributed by atoms with van der Waals surface area (Å²) in [4.78, 5) is 14.9. The van der Waals surface area contributed by atoms with Gasteiger partial charge < -0.3 is 10.1 Å². The molecule has 0 radical (unpaired) electrons. The van der Waals surface area contributed by atoms with Crippen molar-refractivity contribution in [1.82, 2.24) is 10.3 Å². The number of rotatable bonds is 5. The highest BCUT2D eigenvalue weighted by atomic mass is 19.1. The summed E-state index contributed by atoms with van der Waals surface area (Å²) in [7, 11) is 1.67. The molecule has 0 fully saturated rings. The summed E-state index contributed by atoms with van der Waals surface area (Å²) in [6.07, 6.45) is 1.11. The zero-order valence-corrected chi connectivity index (χ0v) is 8.71. The fourth-order valence-electron chi connectivity index (χ4n) is 1.04. The summed E-state index contributed by atoms with van der Waals surface area (Å²) in [6.45, 7) is 1.85. The van der Waals surface area contributed by atoms with Crippen LogP contribution in [0.2, 0.25) is 0 Å². The summed E-state index contributed by atoms with van der Waals surface area (Å²) in [5.41, 5.74) is 0.564. The van der Waals surface area contributed by atoms with Gasteiger partial charge in [0.1, 0.15) is 18.2 Å². The van der Waals surface area contributed by atoms with E-state index < -0.39 is 5.82 Å². The lowest BCUT2D eigenvalue weighted by Gasteiger charge is -2.07. The summed E-state index contributed by atoms with van der Waals surface area (Å²) >= 11 is 0. The van der Waals surface area contributed by atoms with Gasteiger partial charge >= 0.3 is 0 Å². The SMILES string of the molecule is CNCC(=O)COc1cc(F)cnc1C. The molecule has 0 aromatic carbocycles. The molecule has 0 atom stereocenters. The maximum atomic E-state index is 12.8. The Morgan fingerprint density at radius 1 is 1.67 bits per heavy atom. The van der Waals surface area contributed by atoms with Gasteiger partial charge in [0.25, 0.3) is 0 Å². The van der Waals surface area contributed by atoms with E-state index in [4.69, 9.17) is 4.74 Å². The average molecular weight is 212 g/mol. The van der Waals surface area contributed by atoms with Crippen LogP contribution in [-0.2, 0) is 4.79 Å². The van der Waals surface area contributed by atoms with Gasteiger partial charge in [-0.05, 0) is 14.0 Å². The highest BCUT2D eigenvalue weighted by molar-refractivity contribution is 5.81. The topological polar surface area (TPSA) is 51.2 Å². The summed E-state index contributed by atoms with van der Waals surface area (Å²) in [5.74, 6) is -0.266. The van der Waals surface area contributed by atoms with Gasteiger partial charge in [0.05, 0.1) is 18.4 Å². The van der Waals surface area contributed by atoms with Crippen LogP contribution in [0, 0.1) is 12.7 Å². The maximum Gasteiger partial charge on any atom is 0.183 e. The Bertz CT molecular complexity index is 355. The summed E-state index contributed by atoms with van der Waals surface area (Å²) in [6, 6.07) is 1.22. The smallest absolute Gasteiger partial charge is 0.183 e. The molecule has 1 N–H and O–H groups in total. The van der Waals surface area contributed by atoms with Crippen LogP contribution in [0.4, 0.5) is 4.39 Å². The number of nitrogens with zero attached hydrogens (tertiary/aromatic N) is 1. The fourth-order valence-corrected chi connectivity index (χ4v) is 1.04. The number of carbonyl (C=O) groups excluding carboxylic acids is 1. The van der Waals surface area contributed by atoms with Crippen LogP contribution in [0.3, 0.4) is 0 Å². The number of carbonyl (C=O) groups is 1. The third-order valence-corrected chi connectivity index (χ3v) is 1.77. The van der Waals surface area contributed by atoms with Crippen molar-refractivity contribution in [3.05, 3.63) is 23.8 Å². The molecule has 15 heavy (non-hydrogen) atoms. The van der Waals surface area contributed by atoms with Crippen molar-refractivity contribution in [2.75, 3.05) is 20.2 Å². The number of nitrogens with one attached hydrogen (secondary N) is 1. The molecule has 0 aliphatic heterocycles. The van der Waals surface area contributed by atoms with E-state index in [-0.39, 0.29) is 18.9 Å². The van der Waals surface area contributed by atoms with Crippen molar-refractivity contribution in [3.8, 4) is 5.75 Å². The molecule has 0 spiro atoms. The predicted octanol–water partition coefficient (Wildman–Crippen LogP) is 0.696. The second kappa shape index (κ2) is 5.41. The summed E-state index contributed by atoms with van der Waals surface area (Å²) in [5, 5.41) is 2.71. The van der Waals surface area contributed by atoms with E-state index >= 15 is 0 Å². The monoisotopic (exact) mass is 212 g/mol. The van der Waals surface area contributed by atoms with Crippen molar-refractivity contribution in [2.24, 2.45) is 0 Å². The number of aryl methyl sites for hydroxylation is 1. The van der Waals surface area contributed by atoms with Gasteiger partial charge in [0.2, 0.25) is 0 Å². The molecular formula is C10H13FN2O2. The zero-order chi connectivity index (χ0) is 11.3. The van der Waals surface area contributed by atoms with Crippen LogP contribution >= 0.6 is 0 Å². The van der Waals surface area contributed by atoms with Crippen LogP contribution in [0.25, 0.3) is 0 Å². The number of pyridine rings is 1. The third kappa shape index (κ3) is 3.63. The number of hydrogen-bond acceptors (Lipinski definition) is 4. The van der Waals surface area contributed by atoms with E-state index in [1.807, 2.05) is 0 Å². The normalized spacial score (nSPS) is 10.1. The van der Waals surface area contributed by atoms with Crippen LogP contribution in [0.15, 0.2) is 12.3 Å². The first-order valence-electron chi connectivity index (χ1n) is 4.54. The number of halogens is 1. The van der Waals surface area contributed by atoms with Gasteiger partial charge in [0, 0.05) is 6.07 Å². The molecule has 0 bridgehead atoms. The van der Waals surface area contributed by atoms with E-state index in [1.165, 1.54) is 6.07 Å². The molecule has 0 saturated carbocycles. The third-order valence-electron chi connectivity index (χ3n) is 1.77. The number of ether oxygens (including phenoxy) is 1. The van der Waals surface area contributed by atoms with Gasteiger partial charge in [-0.25, -0.2) is 4.39 Å². The first kappa shape index (κ1) is 11.6. The van der Waals surface area contributed by atoms with Crippen LogP contribution in [-0.4, -0.2) is 31.0 Å². The zero-order valence-electron chi connectivity index (χ0n) is 8.71. The molecule has 0 aliphatic carbocycles. The number of Topliss-reactive ketones (excluding diaryl/α,β-unsaturated/α-hetero) is 1. The standard InChI is InChI=1S/C10H13FN2O2/c1-7-10(3-8(11)4-13-7)15-6-9(14)5-12-2/h3-4,12H,5-6H2,1-2H3. The second-order valence-corrected chi connectivity index (χ2v) is 3.09. The van der Waals surface area contributed by atoms with E-state index in [0.29, 0.717) is 11.4 Å². The minimum absolute atomic E-state index is 0.0766. The van der Waals surface area contributed by atoms with Crippen LogP contribution < -0.4 is 10.1 Å². The Balaban J connectivity index is 2.57. The molecule has 1 heterocycles. The van der Waals surface area contributed by atoms with Gasteiger partial charge in [-0.2, -0.15) is 0 Å². The molecule has 0 unspecified atom stereocenters. The lowest BCUT2D eigenvalue weighted by molar-refractivity contribution is -0.120. The number of hydrogen-bond donors (Lipinski definition) is 1. The average Bonchev–Trinajstić information content (AvgIpc) is 2.20. The predicted molar refractivity (Wildman–Crippen MR) is 53.4 cm³/mol. The lowest BCUT2D eigenvalue weighted by atomic mass is 10.3. The Hall–Kier alpha value is -1.49. The molecule has 82 valence electrons. The molecule has 1 rings (SSSR count). The molecule has 0 aliphatic rings. The number of aromatic nitrogens is 1. The molecule has 0 saturated heterocycles. The minimum Gasteiger partial charge on any atom is -0.484 e. The van der Waals surface area contributed by atoms with E-state index in [2.05, 4.69) is 10.3 Å². The van der Waals surface area contributed by atoms with Gasteiger partial charge in [0.15, 0.2) is 5.78 Å². The fraction of sp³-hybridized carbons (Fsp3) is 0.400. The molecule has 5 heteroatoms. The van der Waals surface area contributed by atoms with Crippen molar-refractivity contribution < 1.29 is 13.9 Å². The van der Waals surface area contributed by atoms with Crippen molar-refractivity contribution in [3.63, 3.8) is 0 Å². The maximum absolute atomic E-state index is 12.8. The van der Waals surface area contributed by atoms with E-state index in [0.717, 1.165) is 6.20 Å². The van der Waals surface area contributed by atoms with Crippen molar-refractivity contribution in [2.45, 2.75) is 6.92 Å². The Morgan fingerprint density at radius 2 is 2.40 bits per heavy atom. The first-order valence-corrected chi connectivity index (χ1v) is 4.54. The Labute approximate surface area is 87.5 Å². The molecule has 1 aromatic heterocycles. The van der Waals surface area contributed by atoms with Gasteiger partial charge in [-0.3, -0.25) is 9.78 Å². The summed E-state index contributed by atoms with van der Waals surface area (Å²) < 4.78 is 17.9. The van der Waals surface area contributed by atoms with Crippen LogP contribution in [0.5, 0.6) is 5.75 Å². The molecule has 1 aromatic rings. The Kier molecular flexibility index (Phi) is 4.17. The number of likely N-dealkylation sites (N-methyl/N-ethyl adjacent to an activating group) is 1. The lowest BCUT2D eigenvalue weighted by Crippen LogP contribution is -2.24. The van der Waals surface area contributed by atoms with Gasteiger partial charge in [-0.1, -0.05) is 0 Å². The Morgan fingerprint density at radius 3 is 3.07 bits per heavy atom. The quantitative estimate of drug-likeness (QED) is 0.780. The molecular weight excluding hydrogens is 199 g/mol. The highest BCUT2D eigenvalue weighted by Crippen LogP contribution is 2.15. The molecule has 0 amide bonds. The highest BCUT2D eigenvalue weighted by Gasteiger charge is 2.06. The van der Waals surface area contributed by atoms with Crippen LogP contribution in [0.1, 0.15) is 5.69 Å². The van der Waals surface area contributed by atoms with E-state index in [1.54, 1.807) is 14.0 Å². The largest absolute Gasteiger partial charge is 0.484 e. The first-order chi connectivity index (χ1) is 7.13. The van der Waals surface area contributed by atoms with Gasteiger partial charge in [-0.15, -0.1) is 0 Å². The van der Waals surface area contributed by atoms with E-state index in [9.17, 15) is 9.18 Å². The second-order valence-electron chi connectivity index (χ2n) is 3.09. The molecule has 4 nitrogen and oxygen atoms in total. The minimum atomic E-state index is -0.475.